The summed E-state index contributed by atoms with van der Waals surface area (Å²) < 4.78 is 29.6. The number of fused-ring (bicyclic) bond motifs is 1. The van der Waals surface area contributed by atoms with E-state index in [-0.39, 0.29) is 36.2 Å². The first-order chi connectivity index (χ1) is 16.3. The Morgan fingerprint density at radius 3 is 2.34 bits per heavy atom. The average Bonchev–Trinajstić information content (AvgIpc) is 3.13. The molecule has 178 valence electrons. The number of nitrogens with zero attached hydrogens (tertiary/aromatic N) is 1. The molecule has 2 aliphatic heterocycles. The lowest BCUT2D eigenvalue weighted by Gasteiger charge is -2.39. The number of rotatable bonds is 5. The van der Waals surface area contributed by atoms with E-state index < -0.39 is 34.1 Å². The summed E-state index contributed by atoms with van der Waals surface area (Å²) in [6.45, 7) is 0.116. The summed E-state index contributed by atoms with van der Waals surface area (Å²) in [6.07, 6.45) is 0.320. The number of benzene rings is 2. The number of halogens is 3. The van der Waals surface area contributed by atoms with E-state index >= 15 is 0 Å². The van der Waals surface area contributed by atoms with Crippen molar-refractivity contribution in [3.8, 4) is 0 Å². The van der Waals surface area contributed by atoms with Gasteiger partial charge >= 0.3 is 5.92 Å². The first kappa shape index (κ1) is 25.0. The molecule has 0 radical (unpaired) electrons. The third-order valence-electron chi connectivity index (χ3n) is 6.73. The van der Waals surface area contributed by atoms with Gasteiger partial charge < -0.3 is 10.2 Å². The third kappa shape index (κ3) is 4.35. The molecule has 4 rings (SSSR count). The van der Waals surface area contributed by atoms with Gasteiger partial charge in [0, 0.05) is 34.5 Å². The highest BCUT2D eigenvalue weighted by molar-refractivity contribution is 6.40. The standard InChI is InChI=1S/C22H21B3ClF2N3O4/c23-20(8-7-16(32)29-18(20)34)31-10-11-9-13(3-6-15(11)17(31)33)22(24,25)30-19(35)21(27,28)12-1-4-14(26)5-2-12/h1-6,9H,7-8,10,23-25H2,(H,30,35)(H,29,32,34)/t20-/m0/s1. The first-order valence-corrected chi connectivity index (χ1v) is 11.4. The van der Waals surface area contributed by atoms with Crippen LogP contribution in [0.4, 0.5) is 8.78 Å². The fourth-order valence-corrected chi connectivity index (χ4v) is 4.51. The molecule has 13 heteroatoms. The molecule has 0 saturated carbocycles. The predicted octanol–water partition coefficient (Wildman–Crippen LogP) is -0.654. The highest BCUT2D eigenvalue weighted by Crippen LogP contribution is 2.35. The van der Waals surface area contributed by atoms with Gasteiger partial charge in [-0.2, -0.15) is 8.78 Å². The summed E-state index contributed by atoms with van der Waals surface area (Å²) >= 11 is 5.76. The van der Waals surface area contributed by atoms with Crippen molar-refractivity contribution in [2.45, 2.75) is 36.1 Å². The minimum atomic E-state index is -3.79. The van der Waals surface area contributed by atoms with Crippen LogP contribution in [0.2, 0.25) is 5.02 Å². The molecule has 1 atom stereocenters. The fraction of sp³-hybridized carbons (Fsp3) is 0.273. The zero-order valence-corrected chi connectivity index (χ0v) is 20.1. The maximum Gasteiger partial charge on any atom is 0.349 e. The van der Waals surface area contributed by atoms with Gasteiger partial charge in [-0.05, 0) is 35.7 Å². The van der Waals surface area contributed by atoms with Crippen LogP contribution in [-0.4, -0.2) is 57.5 Å². The largest absolute Gasteiger partial charge is 0.357 e. The Morgan fingerprint density at radius 1 is 1.09 bits per heavy atom. The second kappa shape index (κ2) is 8.51. The van der Waals surface area contributed by atoms with E-state index in [1.165, 1.54) is 17.0 Å². The van der Waals surface area contributed by atoms with Crippen LogP contribution in [-0.2, 0) is 32.2 Å². The summed E-state index contributed by atoms with van der Waals surface area (Å²) in [5, 5.41) is 3.76. The van der Waals surface area contributed by atoms with Crippen molar-refractivity contribution < 1.29 is 28.0 Å². The maximum absolute atomic E-state index is 14.8. The van der Waals surface area contributed by atoms with Crippen LogP contribution in [0.15, 0.2) is 42.5 Å². The number of carbonyl (C=O) groups excluding carboxylic acids is 4. The van der Waals surface area contributed by atoms with E-state index in [4.69, 9.17) is 11.6 Å². The van der Waals surface area contributed by atoms with Crippen molar-refractivity contribution in [1.82, 2.24) is 15.5 Å². The zero-order valence-electron chi connectivity index (χ0n) is 19.4. The van der Waals surface area contributed by atoms with Crippen molar-refractivity contribution in [3.05, 3.63) is 69.7 Å². The Balaban J connectivity index is 1.56. The lowest BCUT2D eigenvalue weighted by atomic mass is 9.57. The Labute approximate surface area is 208 Å². The summed E-state index contributed by atoms with van der Waals surface area (Å²) in [4.78, 5) is 51.1. The smallest absolute Gasteiger partial charge is 0.349 e. The normalized spacial score (nSPS) is 20.4. The molecule has 0 aromatic heterocycles. The monoisotopic (exact) mass is 497 g/mol. The summed E-state index contributed by atoms with van der Waals surface area (Å²) in [7, 11) is 4.78. The second-order valence-electron chi connectivity index (χ2n) is 9.57. The van der Waals surface area contributed by atoms with Gasteiger partial charge in [-0.25, -0.2) is 0 Å². The molecule has 4 amide bonds. The van der Waals surface area contributed by atoms with Gasteiger partial charge in [0.2, 0.25) is 11.8 Å². The molecule has 2 aliphatic rings. The van der Waals surface area contributed by atoms with E-state index in [1.54, 1.807) is 41.7 Å². The van der Waals surface area contributed by atoms with Gasteiger partial charge in [0.15, 0.2) is 0 Å². The van der Waals surface area contributed by atoms with Gasteiger partial charge in [-0.3, -0.25) is 24.5 Å². The Hall–Kier alpha value is -3.14. The highest BCUT2D eigenvalue weighted by Gasteiger charge is 2.48. The molecule has 7 nitrogen and oxygen atoms in total. The number of piperidine rings is 1. The van der Waals surface area contributed by atoms with E-state index in [0.29, 0.717) is 16.7 Å². The molecular formula is C22H21B3ClF2N3O4. The Morgan fingerprint density at radius 2 is 1.71 bits per heavy atom. The Bertz CT molecular complexity index is 1260. The van der Waals surface area contributed by atoms with Crippen LogP contribution < -0.4 is 10.6 Å². The number of imide groups is 1. The lowest BCUT2D eigenvalue weighted by molar-refractivity contribution is -0.147. The molecule has 0 unspecified atom stereocenters. The number of alkyl halides is 2. The molecule has 35 heavy (non-hydrogen) atoms. The number of nitrogens with one attached hydrogen (secondary N) is 2. The van der Waals surface area contributed by atoms with Crippen molar-refractivity contribution in [2.24, 2.45) is 0 Å². The number of hydrogen-bond donors (Lipinski definition) is 2. The van der Waals surface area contributed by atoms with Crippen LogP contribution in [0, 0.1) is 0 Å². The molecule has 0 aliphatic carbocycles. The topological polar surface area (TPSA) is 95.6 Å². The molecule has 2 heterocycles. The van der Waals surface area contributed by atoms with Crippen molar-refractivity contribution in [1.29, 1.82) is 0 Å². The summed E-state index contributed by atoms with van der Waals surface area (Å²) in [5.74, 6) is -6.53. The van der Waals surface area contributed by atoms with Crippen molar-refractivity contribution >= 4 is 58.8 Å². The molecule has 2 aromatic rings. The number of hydrogen-bond acceptors (Lipinski definition) is 4. The minimum absolute atomic E-state index is 0.116. The van der Waals surface area contributed by atoms with Crippen LogP contribution in [0.5, 0.6) is 0 Å². The number of carbonyl (C=O) groups is 4. The van der Waals surface area contributed by atoms with E-state index in [2.05, 4.69) is 10.6 Å². The van der Waals surface area contributed by atoms with Gasteiger partial charge in [0.25, 0.3) is 11.8 Å². The molecule has 1 saturated heterocycles. The van der Waals surface area contributed by atoms with Crippen LogP contribution in [0.3, 0.4) is 0 Å². The quantitative estimate of drug-likeness (QED) is 0.424. The SMILES string of the molecule is BC(B)(NC(=O)C(F)(F)c1ccc(Cl)cc1)c1ccc2c(c1)CN([C@@]1(B)CCC(=O)NC1=O)C2=O. The minimum Gasteiger partial charge on any atom is -0.357 e. The maximum atomic E-state index is 14.8. The third-order valence-corrected chi connectivity index (χ3v) is 6.98. The molecule has 0 bridgehead atoms. The van der Waals surface area contributed by atoms with Crippen LogP contribution in [0.1, 0.15) is 39.9 Å². The molecule has 2 N–H and O–H groups in total. The lowest BCUT2D eigenvalue weighted by Crippen LogP contribution is -2.63. The molecule has 1 fully saturated rings. The van der Waals surface area contributed by atoms with Crippen LogP contribution >= 0.6 is 11.6 Å². The first-order valence-electron chi connectivity index (χ1n) is 11.0. The van der Waals surface area contributed by atoms with Crippen LogP contribution in [0.25, 0.3) is 0 Å². The van der Waals surface area contributed by atoms with Gasteiger partial charge in [0.1, 0.15) is 23.5 Å². The zero-order chi connectivity index (χ0) is 25.8. The molecular weight excluding hydrogens is 476 g/mol. The van der Waals surface area contributed by atoms with E-state index in [0.717, 1.165) is 12.1 Å². The van der Waals surface area contributed by atoms with Gasteiger partial charge in [-0.1, -0.05) is 35.9 Å². The van der Waals surface area contributed by atoms with E-state index in [9.17, 15) is 28.0 Å². The van der Waals surface area contributed by atoms with E-state index in [1.807, 2.05) is 0 Å². The summed E-state index contributed by atoms with van der Waals surface area (Å²) in [6, 6.07) is 9.59. The fourth-order valence-electron chi connectivity index (χ4n) is 4.38. The highest BCUT2D eigenvalue weighted by atomic mass is 35.5. The van der Waals surface area contributed by atoms with Crippen molar-refractivity contribution in [3.63, 3.8) is 0 Å². The number of amides is 4. The summed E-state index contributed by atoms with van der Waals surface area (Å²) in [5.41, 5.74) is -0.171. The Kier molecular flexibility index (Phi) is 6.07. The second-order valence-corrected chi connectivity index (χ2v) is 10.0. The molecule has 2 aromatic carbocycles. The van der Waals surface area contributed by atoms with Gasteiger partial charge in [-0.15, -0.1) is 0 Å². The molecule has 0 spiro atoms. The predicted molar refractivity (Wildman–Crippen MR) is 132 cm³/mol. The average molecular weight is 497 g/mol. The van der Waals surface area contributed by atoms with Gasteiger partial charge in [0.05, 0.1) is 5.44 Å². The van der Waals surface area contributed by atoms with Crippen molar-refractivity contribution in [2.75, 3.05) is 0 Å².